The Morgan fingerprint density at radius 1 is 0.939 bits per heavy atom. The Balaban J connectivity index is 1.81. The summed E-state index contributed by atoms with van der Waals surface area (Å²) in [6.07, 6.45) is 0. The van der Waals surface area contributed by atoms with Gasteiger partial charge in [0.05, 0.1) is 22.3 Å². The number of nitrogens with zero attached hydrogens (tertiary/aromatic N) is 2. The molecule has 4 nitrogen and oxygen atoms in total. The first kappa shape index (κ1) is 23.0. The molecule has 4 rings (SSSR count). The SMILES string of the molecule is Cc1cc(C)c(C(=O)CSc2nc3ccccc3c(=O)n2-c2ccccc2C(C)C)cc1C. The molecule has 4 aromatic rings. The van der Waals surface area contributed by atoms with E-state index in [4.69, 9.17) is 4.98 Å². The number of Topliss-reactive ketones (excluding diaryl/α,β-unsaturated/α-hetero) is 1. The van der Waals surface area contributed by atoms with E-state index in [0.29, 0.717) is 16.1 Å². The minimum atomic E-state index is -0.119. The largest absolute Gasteiger partial charge is 0.293 e. The highest BCUT2D eigenvalue weighted by molar-refractivity contribution is 7.99. The number of carbonyl (C=O) groups excluding carboxylic acids is 1. The standard InChI is InChI=1S/C28H28N2O2S/c1-17(2)21-10-7-9-13-25(21)30-27(32)22-11-6-8-12-24(22)29-28(30)33-16-26(31)23-15-19(4)18(3)14-20(23)5/h6-15,17H,16H2,1-5H3. The van der Waals surface area contributed by atoms with Gasteiger partial charge in [-0.2, -0.15) is 0 Å². The van der Waals surface area contributed by atoms with E-state index in [2.05, 4.69) is 26.8 Å². The number of hydrogen-bond donors (Lipinski definition) is 0. The van der Waals surface area contributed by atoms with Crippen LogP contribution in [0.3, 0.4) is 0 Å². The fourth-order valence-corrected chi connectivity index (χ4v) is 4.96. The summed E-state index contributed by atoms with van der Waals surface area (Å²) in [6, 6.07) is 19.3. The van der Waals surface area contributed by atoms with E-state index >= 15 is 0 Å². The molecule has 0 saturated carbocycles. The number of aryl methyl sites for hydroxylation is 3. The van der Waals surface area contributed by atoms with Crippen LogP contribution in [0.2, 0.25) is 0 Å². The molecule has 3 aromatic carbocycles. The van der Waals surface area contributed by atoms with Crippen LogP contribution < -0.4 is 5.56 Å². The maximum Gasteiger partial charge on any atom is 0.266 e. The highest BCUT2D eigenvalue weighted by atomic mass is 32.2. The average molecular weight is 457 g/mol. The lowest BCUT2D eigenvalue weighted by atomic mass is 9.99. The van der Waals surface area contributed by atoms with E-state index < -0.39 is 0 Å². The van der Waals surface area contributed by atoms with Gasteiger partial charge in [0.15, 0.2) is 10.9 Å². The highest BCUT2D eigenvalue weighted by Crippen LogP contribution is 2.28. The number of para-hydroxylation sites is 2. The molecule has 168 valence electrons. The molecule has 5 heteroatoms. The predicted molar refractivity (Wildman–Crippen MR) is 137 cm³/mol. The number of fused-ring (bicyclic) bond motifs is 1. The Bertz CT molecular complexity index is 1420. The number of rotatable bonds is 6. The van der Waals surface area contributed by atoms with Crippen molar-refractivity contribution in [3.8, 4) is 5.69 Å². The number of aromatic nitrogens is 2. The molecule has 0 fully saturated rings. The predicted octanol–water partition coefficient (Wildman–Crippen LogP) is 6.41. The van der Waals surface area contributed by atoms with Gasteiger partial charge in [0, 0.05) is 5.56 Å². The molecule has 0 aliphatic carbocycles. The van der Waals surface area contributed by atoms with E-state index in [1.54, 1.807) is 10.6 Å². The molecule has 0 atom stereocenters. The van der Waals surface area contributed by atoms with Crippen LogP contribution in [0.1, 0.15) is 52.4 Å². The topological polar surface area (TPSA) is 52.0 Å². The number of ketones is 1. The van der Waals surface area contributed by atoms with Crippen LogP contribution >= 0.6 is 11.8 Å². The first-order valence-electron chi connectivity index (χ1n) is 11.1. The highest BCUT2D eigenvalue weighted by Gasteiger charge is 2.19. The summed E-state index contributed by atoms with van der Waals surface area (Å²) >= 11 is 1.32. The first-order chi connectivity index (χ1) is 15.8. The van der Waals surface area contributed by atoms with Gasteiger partial charge in [0.1, 0.15) is 0 Å². The van der Waals surface area contributed by atoms with Crippen molar-refractivity contribution in [3.05, 3.63) is 98.8 Å². The van der Waals surface area contributed by atoms with Crippen LogP contribution in [-0.2, 0) is 0 Å². The maximum absolute atomic E-state index is 13.6. The fraction of sp³-hybridized carbons (Fsp3) is 0.250. The van der Waals surface area contributed by atoms with Crippen molar-refractivity contribution >= 4 is 28.4 Å². The van der Waals surface area contributed by atoms with E-state index in [9.17, 15) is 9.59 Å². The minimum absolute atomic E-state index is 0.0340. The van der Waals surface area contributed by atoms with Crippen molar-refractivity contribution in [2.75, 3.05) is 5.75 Å². The van der Waals surface area contributed by atoms with Crippen LogP contribution in [0, 0.1) is 20.8 Å². The van der Waals surface area contributed by atoms with Gasteiger partial charge in [-0.05, 0) is 73.2 Å². The molecule has 0 saturated heterocycles. The second kappa shape index (κ2) is 9.36. The van der Waals surface area contributed by atoms with Crippen LogP contribution in [-0.4, -0.2) is 21.1 Å². The van der Waals surface area contributed by atoms with Crippen LogP contribution in [0.25, 0.3) is 16.6 Å². The normalized spacial score (nSPS) is 11.3. The summed E-state index contributed by atoms with van der Waals surface area (Å²) in [6.45, 7) is 10.3. The van der Waals surface area contributed by atoms with E-state index in [0.717, 1.165) is 27.9 Å². The van der Waals surface area contributed by atoms with Crippen molar-refractivity contribution in [3.63, 3.8) is 0 Å². The first-order valence-corrected chi connectivity index (χ1v) is 12.1. The second-order valence-electron chi connectivity index (χ2n) is 8.73. The van der Waals surface area contributed by atoms with Gasteiger partial charge in [0.25, 0.3) is 5.56 Å². The molecule has 0 aliphatic heterocycles. The Morgan fingerprint density at radius 2 is 1.61 bits per heavy atom. The lowest BCUT2D eigenvalue weighted by molar-refractivity contribution is 0.102. The van der Waals surface area contributed by atoms with Crippen LogP contribution in [0.4, 0.5) is 0 Å². The van der Waals surface area contributed by atoms with Gasteiger partial charge < -0.3 is 0 Å². The molecule has 1 aromatic heterocycles. The minimum Gasteiger partial charge on any atom is -0.293 e. The van der Waals surface area contributed by atoms with Gasteiger partial charge in [-0.3, -0.25) is 14.2 Å². The third kappa shape index (κ3) is 4.51. The van der Waals surface area contributed by atoms with E-state index in [1.165, 1.54) is 17.3 Å². The smallest absolute Gasteiger partial charge is 0.266 e. The summed E-state index contributed by atoms with van der Waals surface area (Å²) in [5.41, 5.74) is 6.36. The zero-order valence-corrected chi connectivity index (χ0v) is 20.5. The maximum atomic E-state index is 13.6. The summed E-state index contributed by atoms with van der Waals surface area (Å²) in [5, 5.41) is 1.10. The Hall–Kier alpha value is -3.18. The monoisotopic (exact) mass is 456 g/mol. The zero-order valence-electron chi connectivity index (χ0n) is 19.7. The summed E-state index contributed by atoms with van der Waals surface area (Å²) < 4.78 is 1.67. The van der Waals surface area contributed by atoms with Crippen LogP contribution in [0.15, 0.2) is 70.6 Å². The number of carbonyl (C=O) groups is 1. The number of benzene rings is 3. The van der Waals surface area contributed by atoms with Crippen molar-refractivity contribution < 1.29 is 4.79 Å². The van der Waals surface area contributed by atoms with Crippen molar-refractivity contribution in [1.29, 1.82) is 0 Å². The van der Waals surface area contributed by atoms with Crippen molar-refractivity contribution in [2.45, 2.75) is 45.7 Å². The van der Waals surface area contributed by atoms with Crippen molar-refractivity contribution in [2.24, 2.45) is 0 Å². The summed E-state index contributed by atoms with van der Waals surface area (Å²) in [7, 11) is 0. The fourth-order valence-electron chi connectivity index (χ4n) is 4.07. The van der Waals surface area contributed by atoms with Gasteiger partial charge in [0.2, 0.25) is 0 Å². The third-order valence-corrected chi connectivity index (χ3v) is 6.96. The molecular formula is C28H28N2O2S. The quantitative estimate of drug-likeness (QED) is 0.191. The Morgan fingerprint density at radius 3 is 2.36 bits per heavy atom. The van der Waals surface area contributed by atoms with E-state index in [1.807, 2.05) is 62.4 Å². The molecule has 0 amide bonds. The number of thioether (sulfide) groups is 1. The molecule has 0 spiro atoms. The molecule has 0 aliphatic rings. The summed E-state index contributed by atoms with van der Waals surface area (Å²) in [4.78, 5) is 31.5. The molecular weight excluding hydrogens is 428 g/mol. The van der Waals surface area contributed by atoms with Gasteiger partial charge >= 0.3 is 0 Å². The zero-order chi connectivity index (χ0) is 23.7. The van der Waals surface area contributed by atoms with Gasteiger partial charge in [-0.1, -0.05) is 62.0 Å². The Kier molecular flexibility index (Phi) is 6.52. The molecule has 1 heterocycles. The Labute approximate surface area is 198 Å². The molecule has 0 radical (unpaired) electrons. The molecule has 0 unspecified atom stereocenters. The molecule has 33 heavy (non-hydrogen) atoms. The second-order valence-corrected chi connectivity index (χ2v) is 9.67. The molecule has 0 N–H and O–H groups in total. The lowest BCUT2D eigenvalue weighted by Crippen LogP contribution is -2.23. The summed E-state index contributed by atoms with van der Waals surface area (Å²) in [5.74, 6) is 0.474. The van der Waals surface area contributed by atoms with Crippen LogP contribution in [0.5, 0.6) is 0 Å². The average Bonchev–Trinajstić information content (AvgIpc) is 2.80. The van der Waals surface area contributed by atoms with Crippen molar-refractivity contribution in [1.82, 2.24) is 9.55 Å². The van der Waals surface area contributed by atoms with Gasteiger partial charge in [-0.25, -0.2) is 4.98 Å². The van der Waals surface area contributed by atoms with E-state index in [-0.39, 0.29) is 23.0 Å². The lowest BCUT2D eigenvalue weighted by Gasteiger charge is -2.18. The molecule has 0 bridgehead atoms. The van der Waals surface area contributed by atoms with Gasteiger partial charge in [-0.15, -0.1) is 0 Å². The number of hydrogen-bond acceptors (Lipinski definition) is 4. The third-order valence-electron chi connectivity index (χ3n) is 6.02.